The van der Waals surface area contributed by atoms with Gasteiger partial charge in [-0.05, 0) is 67.3 Å². The van der Waals surface area contributed by atoms with Crippen LogP contribution >= 0.6 is 11.3 Å². The fraction of sp³-hybridized carbons (Fsp3) is 0.320. The molecule has 7 heteroatoms. The van der Waals surface area contributed by atoms with Crippen LogP contribution in [0.25, 0.3) is 21.1 Å². The van der Waals surface area contributed by atoms with Crippen LogP contribution in [0.4, 0.5) is 0 Å². The van der Waals surface area contributed by atoms with E-state index >= 15 is 0 Å². The summed E-state index contributed by atoms with van der Waals surface area (Å²) in [6.45, 7) is 2.73. The molecule has 0 bridgehead atoms. The highest BCUT2D eigenvalue weighted by Gasteiger charge is 2.31. The van der Waals surface area contributed by atoms with Gasteiger partial charge in [0.2, 0.25) is 0 Å². The Labute approximate surface area is 190 Å². The van der Waals surface area contributed by atoms with Crippen LogP contribution < -0.4 is 5.32 Å². The number of rotatable bonds is 4. The summed E-state index contributed by atoms with van der Waals surface area (Å²) in [5.41, 5.74) is 3.85. The lowest BCUT2D eigenvalue weighted by Gasteiger charge is -2.35. The van der Waals surface area contributed by atoms with Crippen LogP contribution in [0, 0.1) is 6.92 Å². The average Bonchev–Trinajstić information content (AvgIpc) is 3.40. The predicted octanol–water partition coefficient (Wildman–Crippen LogP) is 4.68. The fourth-order valence-corrected chi connectivity index (χ4v) is 5.85. The van der Waals surface area contributed by atoms with Gasteiger partial charge < -0.3 is 15.2 Å². The highest BCUT2D eigenvalue weighted by atomic mass is 32.1. The van der Waals surface area contributed by atoms with Crippen molar-refractivity contribution in [2.24, 2.45) is 0 Å². The number of hydrogen-bond donors (Lipinski definition) is 2. The molecule has 1 atom stereocenters. The molecule has 2 aromatic heterocycles. The van der Waals surface area contributed by atoms with E-state index in [2.05, 4.69) is 27.4 Å². The van der Waals surface area contributed by atoms with Crippen molar-refractivity contribution in [3.8, 4) is 0 Å². The maximum atomic E-state index is 13.5. The van der Waals surface area contributed by atoms with Crippen molar-refractivity contribution < 1.29 is 9.59 Å². The van der Waals surface area contributed by atoms with Gasteiger partial charge in [0.25, 0.3) is 11.8 Å². The number of thiophene rings is 1. The molecule has 5 rings (SSSR count). The first kappa shape index (κ1) is 20.7. The second-order valence-electron chi connectivity index (χ2n) is 8.44. The van der Waals surface area contributed by atoms with Crippen LogP contribution in [0.15, 0.2) is 42.5 Å². The molecule has 2 N–H and O–H groups in total. The SMILES string of the molecule is CNC(=O)c1sc2ccccc2c1C[C@@H]1CCCCN1C(=O)c1nc2ccc(C)cc2[nH]1. The minimum absolute atomic E-state index is 0.0348. The van der Waals surface area contributed by atoms with Gasteiger partial charge in [0.15, 0.2) is 5.82 Å². The summed E-state index contributed by atoms with van der Waals surface area (Å²) < 4.78 is 1.10. The van der Waals surface area contributed by atoms with Gasteiger partial charge in [0.05, 0.1) is 15.9 Å². The molecule has 1 aliphatic rings. The summed E-state index contributed by atoms with van der Waals surface area (Å²) in [5.74, 6) is 0.256. The molecule has 0 saturated carbocycles. The number of hydrogen-bond acceptors (Lipinski definition) is 4. The third-order valence-electron chi connectivity index (χ3n) is 6.30. The van der Waals surface area contributed by atoms with Gasteiger partial charge in [0.1, 0.15) is 0 Å². The molecule has 2 aromatic carbocycles. The van der Waals surface area contributed by atoms with Crippen molar-refractivity contribution in [2.45, 2.75) is 38.6 Å². The van der Waals surface area contributed by atoms with E-state index in [-0.39, 0.29) is 17.9 Å². The van der Waals surface area contributed by atoms with Gasteiger partial charge >= 0.3 is 0 Å². The molecule has 4 aromatic rings. The Bertz CT molecular complexity index is 1320. The Morgan fingerprint density at radius 1 is 1.22 bits per heavy atom. The van der Waals surface area contributed by atoms with Gasteiger partial charge in [-0.1, -0.05) is 24.3 Å². The zero-order valence-electron chi connectivity index (χ0n) is 18.3. The number of carbonyl (C=O) groups is 2. The van der Waals surface area contributed by atoms with Crippen LogP contribution in [0.2, 0.25) is 0 Å². The number of nitrogens with one attached hydrogen (secondary N) is 2. The van der Waals surface area contributed by atoms with Crippen molar-refractivity contribution in [3.05, 3.63) is 64.3 Å². The van der Waals surface area contributed by atoms with Crippen molar-refractivity contribution >= 4 is 44.3 Å². The average molecular weight is 447 g/mol. The van der Waals surface area contributed by atoms with Crippen LogP contribution in [-0.2, 0) is 6.42 Å². The number of H-pyrrole nitrogens is 1. The molecule has 1 fully saturated rings. The Balaban J connectivity index is 1.49. The minimum atomic E-state index is -0.0671. The van der Waals surface area contributed by atoms with Crippen molar-refractivity contribution in [1.82, 2.24) is 20.2 Å². The highest BCUT2D eigenvalue weighted by Crippen LogP contribution is 2.34. The van der Waals surface area contributed by atoms with E-state index in [0.29, 0.717) is 18.8 Å². The molecule has 164 valence electrons. The molecule has 0 spiro atoms. The number of aromatic nitrogens is 2. The van der Waals surface area contributed by atoms with E-state index in [9.17, 15) is 9.59 Å². The van der Waals surface area contributed by atoms with E-state index < -0.39 is 0 Å². The van der Waals surface area contributed by atoms with Gasteiger partial charge in [0, 0.05) is 24.3 Å². The fourth-order valence-electron chi connectivity index (χ4n) is 4.67. The smallest absolute Gasteiger partial charge is 0.289 e. The van der Waals surface area contributed by atoms with Gasteiger partial charge in [-0.3, -0.25) is 9.59 Å². The van der Waals surface area contributed by atoms with Crippen molar-refractivity contribution in [1.29, 1.82) is 0 Å². The number of amides is 2. The molecular formula is C25H26N4O2S. The predicted molar refractivity (Wildman–Crippen MR) is 128 cm³/mol. The molecule has 6 nitrogen and oxygen atoms in total. The minimum Gasteiger partial charge on any atom is -0.354 e. The summed E-state index contributed by atoms with van der Waals surface area (Å²) in [4.78, 5) is 36.6. The lowest BCUT2D eigenvalue weighted by Crippen LogP contribution is -2.45. The van der Waals surface area contributed by atoms with Crippen LogP contribution in [0.5, 0.6) is 0 Å². The largest absolute Gasteiger partial charge is 0.354 e. The highest BCUT2D eigenvalue weighted by molar-refractivity contribution is 7.21. The van der Waals surface area contributed by atoms with E-state index in [1.807, 2.05) is 42.2 Å². The number of benzene rings is 2. The number of aryl methyl sites for hydroxylation is 1. The molecule has 0 aliphatic carbocycles. The molecule has 3 heterocycles. The molecule has 1 saturated heterocycles. The molecule has 32 heavy (non-hydrogen) atoms. The number of imidazole rings is 1. The number of piperidine rings is 1. The third kappa shape index (κ3) is 3.66. The molecular weight excluding hydrogens is 420 g/mol. The lowest BCUT2D eigenvalue weighted by molar-refractivity contribution is 0.0602. The van der Waals surface area contributed by atoms with Gasteiger partial charge in [-0.2, -0.15) is 0 Å². The Morgan fingerprint density at radius 2 is 2.06 bits per heavy atom. The standard InChI is InChI=1S/C25H26N4O2S/c1-15-10-11-19-20(13-15)28-23(27-19)25(31)29-12-6-5-7-16(29)14-18-17-8-3-4-9-21(17)32-22(18)24(30)26-2/h3-4,8-11,13,16H,5-7,12,14H2,1-2H3,(H,26,30)(H,27,28)/t16-/m0/s1. The summed E-state index contributed by atoms with van der Waals surface area (Å²) in [6, 6.07) is 14.1. The van der Waals surface area contributed by atoms with Crippen LogP contribution in [0.1, 0.15) is 50.7 Å². The third-order valence-corrected chi connectivity index (χ3v) is 7.51. The quantitative estimate of drug-likeness (QED) is 0.478. The first-order chi connectivity index (χ1) is 15.5. The molecule has 2 amide bonds. The lowest BCUT2D eigenvalue weighted by atomic mass is 9.93. The first-order valence-corrected chi connectivity index (χ1v) is 11.9. The summed E-state index contributed by atoms with van der Waals surface area (Å²) >= 11 is 1.52. The first-order valence-electron chi connectivity index (χ1n) is 11.0. The Kier molecular flexibility index (Phi) is 5.43. The zero-order valence-corrected chi connectivity index (χ0v) is 19.1. The number of fused-ring (bicyclic) bond motifs is 2. The maximum Gasteiger partial charge on any atom is 0.289 e. The number of likely N-dealkylation sites (tertiary alicyclic amines) is 1. The Morgan fingerprint density at radius 3 is 2.91 bits per heavy atom. The second kappa shape index (κ2) is 8.39. The molecule has 0 radical (unpaired) electrons. The van der Waals surface area contributed by atoms with E-state index in [0.717, 1.165) is 56.4 Å². The summed E-state index contributed by atoms with van der Waals surface area (Å²) in [7, 11) is 1.66. The molecule has 1 aliphatic heterocycles. The number of carbonyl (C=O) groups excluding carboxylic acids is 2. The topological polar surface area (TPSA) is 78.1 Å². The summed E-state index contributed by atoms with van der Waals surface area (Å²) in [6.07, 6.45) is 3.64. The second-order valence-corrected chi connectivity index (χ2v) is 9.50. The maximum absolute atomic E-state index is 13.5. The van der Waals surface area contributed by atoms with Crippen LogP contribution in [-0.4, -0.2) is 46.3 Å². The van der Waals surface area contributed by atoms with Crippen LogP contribution in [0.3, 0.4) is 0 Å². The summed E-state index contributed by atoms with van der Waals surface area (Å²) in [5, 5.41) is 3.88. The van der Waals surface area contributed by atoms with Crippen molar-refractivity contribution in [3.63, 3.8) is 0 Å². The normalized spacial score (nSPS) is 16.6. The zero-order chi connectivity index (χ0) is 22.2. The van der Waals surface area contributed by atoms with Gasteiger partial charge in [-0.25, -0.2) is 4.98 Å². The van der Waals surface area contributed by atoms with E-state index in [4.69, 9.17) is 0 Å². The van der Waals surface area contributed by atoms with E-state index in [1.54, 1.807) is 7.05 Å². The van der Waals surface area contributed by atoms with Crippen molar-refractivity contribution in [2.75, 3.05) is 13.6 Å². The van der Waals surface area contributed by atoms with Gasteiger partial charge in [-0.15, -0.1) is 11.3 Å². The molecule has 0 unspecified atom stereocenters. The number of nitrogens with zero attached hydrogens (tertiary/aromatic N) is 2. The number of aromatic amines is 1. The monoisotopic (exact) mass is 446 g/mol. The Hall–Kier alpha value is -3.19. The van der Waals surface area contributed by atoms with E-state index in [1.165, 1.54) is 11.3 Å².